The quantitative estimate of drug-likeness (QED) is 0.801. The number of nitrogens with zero attached hydrogens (tertiary/aromatic N) is 1. The van der Waals surface area contributed by atoms with Crippen LogP contribution in [0.25, 0.3) is 0 Å². The highest BCUT2D eigenvalue weighted by molar-refractivity contribution is 4.94. The van der Waals surface area contributed by atoms with E-state index in [-0.39, 0.29) is 0 Å². The third-order valence-corrected chi connectivity index (χ3v) is 6.36. The van der Waals surface area contributed by atoms with Crippen molar-refractivity contribution in [1.29, 1.82) is 0 Å². The molecule has 114 valence electrons. The highest BCUT2D eigenvalue weighted by Crippen LogP contribution is 2.40. The maximum absolute atomic E-state index is 3.91. The van der Waals surface area contributed by atoms with Crippen molar-refractivity contribution in [3.05, 3.63) is 0 Å². The second-order valence-electron chi connectivity index (χ2n) is 8.41. The molecule has 0 aromatic heterocycles. The van der Waals surface area contributed by atoms with Crippen molar-refractivity contribution in [2.75, 3.05) is 19.6 Å². The van der Waals surface area contributed by atoms with Gasteiger partial charge in [-0.25, -0.2) is 0 Å². The third-order valence-electron chi connectivity index (χ3n) is 6.36. The Kier molecular flexibility index (Phi) is 3.80. The number of nitrogens with one attached hydrogen (secondary N) is 1. The van der Waals surface area contributed by atoms with Crippen molar-refractivity contribution in [3.8, 4) is 0 Å². The SMILES string of the molecule is CC1CCC1N1CC(CC2CC2)CC(NCC2CC2)C1. The minimum atomic E-state index is 0.792. The molecule has 4 unspecified atom stereocenters. The van der Waals surface area contributed by atoms with E-state index in [0.29, 0.717) is 0 Å². The zero-order valence-corrected chi connectivity index (χ0v) is 13.2. The predicted octanol–water partition coefficient (Wildman–Crippen LogP) is 3.28. The molecule has 4 rings (SSSR count). The van der Waals surface area contributed by atoms with Gasteiger partial charge < -0.3 is 5.32 Å². The lowest BCUT2D eigenvalue weighted by Gasteiger charge is -2.48. The van der Waals surface area contributed by atoms with Crippen LogP contribution >= 0.6 is 0 Å². The molecule has 2 heteroatoms. The molecule has 0 aromatic carbocycles. The summed E-state index contributed by atoms with van der Waals surface area (Å²) < 4.78 is 0. The largest absolute Gasteiger partial charge is 0.312 e. The van der Waals surface area contributed by atoms with Gasteiger partial charge in [-0.05, 0) is 68.7 Å². The minimum Gasteiger partial charge on any atom is -0.312 e. The maximum atomic E-state index is 3.91. The fraction of sp³-hybridized carbons (Fsp3) is 1.00. The molecule has 0 aromatic rings. The van der Waals surface area contributed by atoms with E-state index in [1.165, 1.54) is 71.0 Å². The summed E-state index contributed by atoms with van der Waals surface area (Å²) >= 11 is 0. The fourth-order valence-electron chi connectivity index (χ4n) is 4.50. The second kappa shape index (κ2) is 5.61. The summed E-state index contributed by atoms with van der Waals surface area (Å²) in [7, 11) is 0. The summed E-state index contributed by atoms with van der Waals surface area (Å²) in [4.78, 5) is 2.87. The molecule has 0 amide bonds. The average Bonchev–Trinajstić information content (AvgIpc) is 3.29. The molecule has 1 N–H and O–H groups in total. The van der Waals surface area contributed by atoms with Gasteiger partial charge >= 0.3 is 0 Å². The van der Waals surface area contributed by atoms with Crippen LogP contribution in [0.1, 0.15) is 58.3 Å². The van der Waals surface area contributed by atoms with E-state index >= 15 is 0 Å². The lowest BCUT2D eigenvalue weighted by atomic mass is 9.77. The lowest BCUT2D eigenvalue weighted by Crippen LogP contribution is -2.56. The van der Waals surface area contributed by atoms with Gasteiger partial charge in [-0.15, -0.1) is 0 Å². The van der Waals surface area contributed by atoms with Gasteiger partial charge in [-0.2, -0.15) is 0 Å². The van der Waals surface area contributed by atoms with Gasteiger partial charge in [0.2, 0.25) is 0 Å². The molecule has 1 aliphatic heterocycles. The Morgan fingerprint density at radius 3 is 2.30 bits per heavy atom. The zero-order chi connectivity index (χ0) is 13.5. The van der Waals surface area contributed by atoms with Gasteiger partial charge in [-0.1, -0.05) is 19.8 Å². The lowest BCUT2D eigenvalue weighted by molar-refractivity contribution is 0.0200. The minimum absolute atomic E-state index is 0.792. The molecule has 0 spiro atoms. The monoisotopic (exact) mass is 276 g/mol. The van der Waals surface area contributed by atoms with Crippen molar-refractivity contribution in [2.45, 2.75) is 70.4 Å². The Morgan fingerprint density at radius 2 is 1.70 bits per heavy atom. The van der Waals surface area contributed by atoms with Crippen LogP contribution in [0.5, 0.6) is 0 Å². The smallest absolute Gasteiger partial charge is 0.0198 e. The molecule has 20 heavy (non-hydrogen) atoms. The van der Waals surface area contributed by atoms with Crippen molar-refractivity contribution in [1.82, 2.24) is 10.2 Å². The molecule has 3 saturated carbocycles. The summed E-state index contributed by atoms with van der Waals surface area (Å²) in [5.41, 5.74) is 0. The topological polar surface area (TPSA) is 15.3 Å². The van der Waals surface area contributed by atoms with Crippen molar-refractivity contribution < 1.29 is 0 Å². The summed E-state index contributed by atoms with van der Waals surface area (Å²) in [5, 5.41) is 3.91. The van der Waals surface area contributed by atoms with Crippen molar-refractivity contribution in [3.63, 3.8) is 0 Å². The zero-order valence-electron chi connectivity index (χ0n) is 13.2. The Balaban J connectivity index is 1.34. The van der Waals surface area contributed by atoms with Crippen molar-refractivity contribution in [2.24, 2.45) is 23.7 Å². The van der Waals surface area contributed by atoms with E-state index in [1.807, 2.05) is 0 Å². The van der Waals surface area contributed by atoms with E-state index in [4.69, 9.17) is 0 Å². The molecule has 4 fully saturated rings. The van der Waals surface area contributed by atoms with E-state index in [9.17, 15) is 0 Å². The molecule has 1 saturated heterocycles. The first-order valence-electron chi connectivity index (χ1n) is 9.25. The van der Waals surface area contributed by atoms with Crippen LogP contribution < -0.4 is 5.32 Å². The average molecular weight is 276 g/mol. The molecule has 2 nitrogen and oxygen atoms in total. The van der Waals surface area contributed by atoms with Gasteiger partial charge in [-0.3, -0.25) is 4.90 Å². The number of hydrogen-bond acceptors (Lipinski definition) is 2. The van der Waals surface area contributed by atoms with Gasteiger partial charge in [0.1, 0.15) is 0 Å². The van der Waals surface area contributed by atoms with Crippen LogP contribution in [-0.2, 0) is 0 Å². The summed E-state index contributed by atoms with van der Waals surface area (Å²) in [5.74, 6) is 4.07. The molecule has 4 aliphatic rings. The molecule has 4 atom stereocenters. The van der Waals surface area contributed by atoms with Crippen LogP contribution in [0.2, 0.25) is 0 Å². The first-order valence-corrected chi connectivity index (χ1v) is 9.25. The van der Waals surface area contributed by atoms with Crippen molar-refractivity contribution >= 4 is 0 Å². The van der Waals surface area contributed by atoms with E-state index in [0.717, 1.165) is 35.8 Å². The predicted molar refractivity (Wildman–Crippen MR) is 83.7 cm³/mol. The number of hydrogen-bond donors (Lipinski definition) is 1. The number of likely N-dealkylation sites (tertiary alicyclic amines) is 1. The van der Waals surface area contributed by atoms with E-state index in [2.05, 4.69) is 17.1 Å². The Hall–Kier alpha value is -0.0800. The summed E-state index contributed by atoms with van der Waals surface area (Å²) in [6.45, 7) is 6.51. The summed E-state index contributed by atoms with van der Waals surface area (Å²) in [6, 6.07) is 1.71. The first kappa shape index (κ1) is 13.6. The molecule has 3 aliphatic carbocycles. The van der Waals surface area contributed by atoms with Crippen LogP contribution in [0.4, 0.5) is 0 Å². The van der Waals surface area contributed by atoms with E-state index in [1.54, 1.807) is 0 Å². The Morgan fingerprint density at radius 1 is 0.900 bits per heavy atom. The number of rotatable bonds is 6. The second-order valence-corrected chi connectivity index (χ2v) is 8.41. The number of piperidine rings is 1. The molecular weight excluding hydrogens is 244 g/mol. The molecule has 1 heterocycles. The van der Waals surface area contributed by atoms with Crippen LogP contribution in [0.15, 0.2) is 0 Å². The van der Waals surface area contributed by atoms with Crippen LogP contribution in [0.3, 0.4) is 0 Å². The molecule has 0 radical (unpaired) electrons. The summed E-state index contributed by atoms with van der Waals surface area (Å²) in [6.07, 6.45) is 11.9. The van der Waals surface area contributed by atoms with Gasteiger partial charge in [0.25, 0.3) is 0 Å². The van der Waals surface area contributed by atoms with Crippen LogP contribution in [0, 0.1) is 23.7 Å². The first-order chi connectivity index (χ1) is 9.78. The van der Waals surface area contributed by atoms with E-state index < -0.39 is 0 Å². The van der Waals surface area contributed by atoms with Gasteiger partial charge in [0.15, 0.2) is 0 Å². The highest BCUT2D eigenvalue weighted by Gasteiger charge is 2.39. The molecule has 0 bridgehead atoms. The van der Waals surface area contributed by atoms with Crippen LogP contribution in [-0.4, -0.2) is 36.6 Å². The standard InChI is InChI=1S/C18H32N2/c1-13-2-7-18(13)20-11-16(8-14-3-4-14)9-17(12-20)19-10-15-5-6-15/h13-19H,2-12H2,1H3. The normalized spacial score (nSPS) is 42.5. The maximum Gasteiger partial charge on any atom is 0.0198 e. The van der Waals surface area contributed by atoms with Gasteiger partial charge in [0.05, 0.1) is 0 Å². The Bertz CT molecular complexity index is 334. The fourth-order valence-corrected chi connectivity index (χ4v) is 4.50. The van der Waals surface area contributed by atoms with Gasteiger partial charge in [0, 0.05) is 25.2 Å². The highest BCUT2D eigenvalue weighted by atomic mass is 15.2. The third kappa shape index (κ3) is 3.22. The molecular formula is C18H32N2. The Labute approximate surface area is 124 Å².